The smallest absolute Gasteiger partial charge is 0.234 e. The molecule has 1 aliphatic rings. The van der Waals surface area contributed by atoms with E-state index in [4.69, 9.17) is 5.11 Å². The van der Waals surface area contributed by atoms with Crippen LogP contribution in [0.25, 0.3) is 0 Å². The zero-order valence-corrected chi connectivity index (χ0v) is 10.5. The summed E-state index contributed by atoms with van der Waals surface area (Å²) < 4.78 is 0. The van der Waals surface area contributed by atoms with Gasteiger partial charge in [0.05, 0.1) is 6.54 Å². The van der Waals surface area contributed by atoms with Crippen molar-refractivity contribution in [3.05, 3.63) is 0 Å². The molecule has 0 spiro atoms. The molecule has 1 fully saturated rings. The van der Waals surface area contributed by atoms with Crippen LogP contribution in [0.4, 0.5) is 0 Å². The largest absolute Gasteiger partial charge is 0.396 e. The van der Waals surface area contributed by atoms with Crippen LogP contribution in [0.2, 0.25) is 0 Å². The van der Waals surface area contributed by atoms with Crippen molar-refractivity contribution in [1.82, 2.24) is 10.6 Å². The monoisotopic (exact) mass is 228 g/mol. The molecule has 1 aliphatic carbocycles. The second kappa shape index (κ2) is 5.64. The molecule has 0 aromatic carbocycles. The highest BCUT2D eigenvalue weighted by Crippen LogP contribution is 2.24. The molecule has 94 valence electrons. The summed E-state index contributed by atoms with van der Waals surface area (Å²) in [5.74, 6) is 0.346. The van der Waals surface area contributed by atoms with Gasteiger partial charge in [-0.3, -0.25) is 4.79 Å². The molecule has 2 atom stereocenters. The van der Waals surface area contributed by atoms with Crippen LogP contribution in [0.1, 0.15) is 40.0 Å². The van der Waals surface area contributed by atoms with Gasteiger partial charge < -0.3 is 15.7 Å². The summed E-state index contributed by atoms with van der Waals surface area (Å²) in [5.41, 5.74) is -0.176. The highest BCUT2D eigenvalue weighted by molar-refractivity contribution is 5.78. The third kappa shape index (κ3) is 4.49. The van der Waals surface area contributed by atoms with E-state index in [1.165, 1.54) is 0 Å². The number of aliphatic hydroxyl groups is 1. The molecular weight excluding hydrogens is 204 g/mol. The first kappa shape index (κ1) is 13.5. The second-order valence-corrected chi connectivity index (χ2v) is 5.66. The predicted octanol–water partition coefficient (Wildman–Crippen LogP) is 0.652. The molecule has 0 aliphatic heterocycles. The zero-order chi connectivity index (χ0) is 12.2. The van der Waals surface area contributed by atoms with Crippen LogP contribution in [0.3, 0.4) is 0 Å². The first-order valence-corrected chi connectivity index (χ1v) is 6.07. The predicted molar refractivity (Wildman–Crippen MR) is 64.1 cm³/mol. The van der Waals surface area contributed by atoms with Gasteiger partial charge in [0.15, 0.2) is 0 Å². The SMILES string of the molecule is CC(C)(C)NC(=O)CNC1CCCC1CO. The lowest BCUT2D eigenvalue weighted by atomic mass is 10.1. The minimum Gasteiger partial charge on any atom is -0.396 e. The fraction of sp³-hybridized carbons (Fsp3) is 0.917. The molecule has 1 saturated carbocycles. The van der Waals surface area contributed by atoms with E-state index in [2.05, 4.69) is 10.6 Å². The Morgan fingerprint density at radius 1 is 1.38 bits per heavy atom. The first-order chi connectivity index (χ1) is 7.42. The van der Waals surface area contributed by atoms with Gasteiger partial charge in [0.1, 0.15) is 0 Å². The summed E-state index contributed by atoms with van der Waals surface area (Å²) in [5, 5.41) is 15.3. The van der Waals surface area contributed by atoms with Crippen molar-refractivity contribution in [2.45, 2.75) is 51.6 Å². The second-order valence-electron chi connectivity index (χ2n) is 5.66. The van der Waals surface area contributed by atoms with Gasteiger partial charge >= 0.3 is 0 Å². The van der Waals surface area contributed by atoms with Crippen LogP contribution in [-0.2, 0) is 4.79 Å². The van der Waals surface area contributed by atoms with Crippen LogP contribution < -0.4 is 10.6 Å². The summed E-state index contributed by atoms with van der Waals surface area (Å²) in [6.45, 7) is 6.47. The molecule has 0 saturated heterocycles. The van der Waals surface area contributed by atoms with Crippen LogP contribution in [0.15, 0.2) is 0 Å². The molecule has 4 nitrogen and oxygen atoms in total. The Balaban J connectivity index is 2.26. The van der Waals surface area contributed by atoms with Crippen molar-refractivity contribution in [2.24, 2.45) is 5.92 Å². The van der Waals surface area contributed by atoms with Gasteiger partial charge in [0.25, 0.3) is 0 Å². The maximum Gasteiger partial charge on any atom is 0.234 e. The number of hydrogen-bond acceptors (Lipinski definition) is 3. The zero-order valence-electron chi connectivity index (χ0n) is 10.5. The Hall–Kier alpha value is -0.610. The van der Waals surface area contributed by atoms with E-state index in [0.717, 1.165) is 19.3 Å². The third-order valence-electron chi connectivity index (χ3n) is 2.93. The fourth-order valence-corrected chi connectivity index (χ4v) is 2.21. The first-order valence-electron chi connectivity index (χ1n) is 6.07. The molecule has 16 heavy (non-hydrogen) atoms. The van der Waals surface area contributed by atoms with Crippen molar-refractivity contribution in [3.63, 3.8) is 0 Å². The summed E-state index contributed by atoms with van der Waals surface area (Å²) in [4.78, 5) is 11.6. The lowest BCUT2D eigenvalue weighted by molar-refractivity contribution is -0.121. The normalized spacial score (nSPS) is 25.8. The highest BCUT2D eigenvalue weighted by Gasteiger charge is 2.26. The Morgan fingerprint density at radius 2 is 2.06 bits per heavy atom. The van der Waals surface area contributed by atoms with E-state index in [1.807, 2.05) is 20.8 Å². The van der Waals surface area contributed by atoms with Crippen molar-refractivity contribution < 1.29 is 9.90 Å². The molecule has 0 aromatic rings. The minimum atomic E-state index is -0.176. The quantitative estimate of drug-likeness (QED) is 0.662. The molecule has 4 heteroatoms. The number of hydrogen-bond donors (Lipinski definition) is 3. The molecule has 0 radical (unpaired) electrons. The Labute approximate surface area is 97.8 Å². The lowest BCUT2D eigenvalue weighted by Gasteiger charge is -2.23. The Bertz CT molecular complexity index is 236. The Morgan fingerprint density at radius 3 is 2.62 bits per heavy atom. The molecule has 1 rings (SSSR count). The average Bonchev–Trinajstić information content (AvgIpc) is 2.59. The molecule has 3 N–H and O–H groups in total. The summed E-state index contributed by atoms with van der Waals surface area (Å²) in [7, 11) is 0. The lowest BCUT2D eigenvalue weighted by Crippen LogP contribution is -2.47. The Kier molecular flexibility index (Phi) is 4.74. The van der Waals surface area contributed by atoms with Crippen molar-refractivity contribution in [3.8, 4) is 0 Å². The highest BCUT2D eigenvalue weighted by atomic mass is 16.3. The van der Waals surface area contributed by atoms with Gasteiger partial charge in [-0.15, -0.1) is 0 Å². The van der Waals surface area contributed by atoms with Crippen molar-refractivity contribution in [2.75, 3.05) is 13.2 Å². The molecular formula is C12H24N2O2. The fourth-order valence-electron chi connectivity index (χ4n) is 2.21. The summed E-state index contributed by atoms with van der Waals surface area (Å²) >= 11 is 0. The van der Waals surface area contributed by atoms with Gasteiger partial charge in [-0.2, -0.15) is 0 Å². The standard InChI is InChI=1S/C12H24N2O2/c1-12(2,3)14-11(16)7-13-10-6-4-5-9(10)8-15/h9-10,13,15H,4-8H2,1-3H3,(H,14,16). The summed E-state index contributed by atoms with van der Waals surface area (Å²) in [6.07, 6.45) is 3.27. The number of aliphatic hydroxyl groups excluding tert-OH is 1. The molecule has 2 unspecified atom stereocenters. The topological polar surface area (TPSA) is 61.4 Å². The van der Waals surface area contributed by atoms with Gasteiger partial charge in [0, 0.05) is 18.2 Å². The number of amides is 1. The maximum absolute atomic E-state index is 11.6. The number of carbonyl (C=O) groups excluding carboxylic acids is 1. The van der Waals surface area contributed by atoms with Crippen LogP contribution in [-0.4, -0.2) is 35.7 Å². The molecule has 0 bridgehead atoms. The maximum atomic E-state index is 11.6. The van der Waals surface area contributed by atoms with E-state index in [1.54, 1.807) is 0 Å². The van der Waals surface area contributed by atoms with Crippen LogP contribution in [0, 0.1) is 5.92 Å². The number of nitrogens with one attached hydrogen (secondary N) is 2. The number of rotatable bonds is 4. The third-order valence-corrected chi connectivity index (χ3v) is 2.93. The van der Waals surface area contributed by atoms with E-state index in [-0.39, 0.29) is 18.1 Å². The van der Waals surface area contributed by atoms with Gasteiger partial charge in [0.2, 0.25) is 5.91 Å². The van der Waals surface area contributed by atoms with Gasteiger partial charge in [-0.05, 0) is 39.5 Å². The summed E-state index contributed by atoms with van der Waals surface area (Å²) in [6, 6.07) is 0.302. The van der Waals surface area contributed by atoms with Crippen LogP contribution in [0.5, 0.6) is 0 Å². The van der Waals surface area contributed by atoms with E-state index in [0.29, 0.717) is 18.5 Å². The van der Waals surface area contributed by atoms with Crippen LogP contribution >= 0.6 is 0 Å². The van der Waals surface area contributed by atoms with E-state index >= 15 is 0 Å². The van der Waals surface area contributed by atoms with Gasteiger partial charge in [-0.25, -0.2) is 0 Å². The van der Waals surface area contributed by atoms with E-state index < -0.39 is 0 Å². The van der Waals surface area contributed by atoms with E-state index in [9.17, 15) is 4.79 Å². The number of carbonyl (C=O) groups is 1. The van der Waals surface area contributed by atoms with Crippen molar-refractivity contribution >= 4 is 5.91 Å². The molecule has 0 aromatic heterocycles. The molecule has 1 amide bonds. The van der Waals surface area contributed by atoms with Gasteiger partial charge in [-0.1, -0.05) is 6.42 Å². The average molecular weight is 228 g/mol. The molecule has 0 heterocycles. The van der Waals surface area contributed by atoms with Crippen molar-refractivity contribution in [1.29, 1.82) is 0 Å². The minimum absolute atomic E-state index is 0.0242.